The molecule has 158 valence electrons. The third-order valence-corrected chi connectivity index (χ3v) is 6.50. The number of fused-ring (bicyclic) bond motifs is 1. The van der Waals surface area contributed by atoms with Crippen molar-refractivity contribution in [2.45, 2.75) is 39.2 Å². The van der Waals surface area contributed by atoms with E-state index in [1.54, 1.807) is 16.8 Å². The monoisotopic (exact) mass is 418 g/mol. The summed E-state index contributed by atoms with van der Waals surface area (Å²) in [6.07, 6.45) is 3.31. The molecule has 0 saturated heterocycles. The van der Waals surface area contributed by atoms with Crippen LogP contribution in [0, 0.1) is 12.8 Å². The Morgan fingerprint density at radius 3 is 2.74 bits per heavy atom. The lowest BCUT2D eigenvalue weighted by Gasteiger charge is -2.19. The number of aromatic amines is 1. The van der Waals surface area contributed by atoms with Gasteiger partial charge in [0.15, 0.2) is 5.82 Å². The van der Waals surface area contributed by atoms with E-state index in [1.807, 2.05) is 31.2 Å². The molecule has 8 nitrogen and oxygen atoms in total. The highest BCUT2D eigenvalue weighted by Crippen LogP contribution is 2.55. The van der Waals surface area contributed by atoms with Crippen LogP contribution in [0.2, 0.25) is 0 Å². The van der Waals surface area contributed by atoms with E-state index in [4.69, 9.17) is 4.52 Å². The quantitative estimate of drug-likeness (QED) is 0.510. The van der Waals surface area contributed by atoms with Gasteiger partial charge in [-0.05, 0) is 66.6 Å². The predicted molar refractivity (Wildman–Crippen MR) is 114 cm³/mol. The van der Waals surface area contributed by atoms with E-state index in [0.717, 1.165) is 39.7 Å². The van der Waals surface area contributed by atoms with Crippen molar-refractivity contribution in [2.75, 3.05) is 0 Å². The molecule has 1 aliphatic rings. The fourth-order valence-electron chi connectivity index (χ4n) is 4.79. The highest BCUT2D eigenvalue weighted by Gasteiger charge is 2.59. The summed E-state index contributed by atoms with van der Waals surface area (Å²) in [7, 11) is 0. The molecule has 1 aromatic carbocycles. The van der Waals surface area contributed by atoms with E-state index in [9.17, 15) is 14.7 Å². The molecular weight excluding hydrogens is 396 g/mol. The van der Waals surface area contributed by atoms with E-state index >= 15 is 0 Å². The molecule has 5 rings (SSSR count). The van der Waals surface area contributed by atoms with E-state index in [2.05, 4.69) is 29.0 Å². The lowest BCUT2D eigenvalue weighted by Crippen LogP contribution is -2.26. The Bertz CT molecular complexity index is 1400. The first-order valence-electron chi connectivity index (χ1n) is 10.3. The van der Waals surface area contributed by atoms with Gasteiger partial charge in [-0.1, -0.05) is 25.1 Å². The number of aryl methyl sites for hydroxylation is 1. The first kappa shape index (κ1) is 19.3. The molecule has 0 spiro atoms. The van der Waals surface area contributed by atoms with Gasteiger partial charge in [-0.25, -0.2) is 9.59 Å². The minimum absolute atomic E-state index is 0.0937. The van der Waals surface area contributed by atoms with Gasteiger partial charge in [0.05, 0.1) is 0 Å². The number of H-pyrrole nitrogens is 1. The van der Waals surface area contributed by atoms with Gasteiger partial charge in [0.1, 0.15) is 11.2 Å². The van der Waals surface area contributed by atoms with Gasteiger partial charge in [0.2, 0.25) is 0 Å². The lowest BCUT2D eigenvalue weighted by atomic mass is 9.98. The number of nitrogens with one attached hydrogen (secondary N) is 1. The van der Waals surface area contributed by atoms with Crippen LogP contribution >= 0.6 is 0 Å². The Labute approximate surface area is 177 Å². The zero-order chi connectivity index (χ0) is 21.9. The number of benzene rings is 1. The minimum Gasteiger partial charge on any atom is -0.477 e. The molecule has 3 aromatic heterocycles. The van der Waals surface area contributed by atoms with Crippen molar-refractivity contribution >= 4 is 16.9 Å². The Kier molecular flexibility index (Phi) is 4.15. The number of nitrogens with zero attached hydrogens (tertiary/aromatic N) is 3. The molecule has 1 saturated carbocycles. The van der Waals surface area contributed by atoms with Crippen LogP contribution in [0.15, 0.2) is 45.8 Å². The number of hydrogen-bond acceptors (Lipinski definition) is 5. The highest BCUT2D eigenvalue weighted by atomic mass is 16.5. The molecule has 3 heterocycles. The molecule has 0 radical (unpaired) electrons. The summed E-state index contributed by atoms with van der Waals surface area (Å²) in [6.45, 7) is 6.14. The van der Waals surface area contributed by atoms with Crippen molar-refractivity contribution < 1.29 is 14.4 Å². The molecule has 8 heteroatoms. The largest absolute Gasteiger partial charge is 0.477 e. The third kappa shape index (κ3) is 2.74. The van der Waals surface area contributed by atoms with E-state index in [-0.39, 0.29) is 11.6 Å². The van der Waals surface area contributed by atoms with Crippen LogP contribution in [-0.4, -0.2) is 30.8 Å². The van der Waals surface area contributed by atoms with Gasteiger partial charge in [-0.15, -0.1) is 0 Å². The molecule has 0 aliphatic heterocycles. The molecule has 1 aliphatic carbocycles. The Morgan fingerprint density at radius 1 is 1.35 bits per heavy atom. The van der Waals surface area contributed by atoms with Crippen LogP contribution in [0.4, 0.5) is 0 Å². The zero-order valence-electron chi connectivity index (χ0n) is 17.5. The SMILES string of the molecule is CCc1nccc(-c2ccc3c(c2)cc(C(=O)O)n3[C@@]2(c3noc(=O)[nH]3)C[C@@H]2C)c1C. The van der Waals surface area contributed by atoms with E-state index in [1.165, 1.54) is 0 Å². The number of aromatic nitrogens is 4. The second-order valence-corrected chi connectivity index (χ2v) is 8.20. The third-order valence-electron chi connectivity index (χ3n) is 6.50. The summed E-state index contributed by atoms with van der Waals surface area (Å²) in [5, 5.41) is 14.7. The van der Waals surface area contributed by atoms with Gasteiger partial charge in [0.25, 0.3) is 0 Å². The van der Waals surface area contributed by atoms with Crippen LogP contribution < -0.4 is 5.76 Å². The average Bonchev–Trinajstić information content (AvgIpc) is 3.08. The number of rotatable bonds is 5. The van der Waals surface area contributed by atoms with Gasteiger partial charge in [0, 0.05) is 22.8 Å². The van der Waals surface area contributed by atoms with Gasteiger partial charge >= 0.3 is 11.7 Å². The maximum atomic E-state index is 12.2. The number of aromatic carboxylic acids is 1. The van der Waals surface area contributed by atoms with E-state index in [0.29, 0.717) is 12.2 Å². The smallest absolute Gasteiger partial charge is 0.438 e. The minimum atomic E-state index is -1.03. The first-order chi connectivity index (χ1) is 14.9. The van der Waals surface area contributed by atoms with Crippen molar-refractivity contribution in [1.82, 2.24) is 19.7 Å². The number of pyridine rings is 1. The Morgan fingerprint density at radius 2 is 2.13 bits per heavy atom. The summed E-state index contributed by atoms with van der Waals surface area (Å²) in [6, 6.07) is 9.61. The summed E-state index contributed by atoms with van der Waals surface area (Å²) in [5.74, 6) is -1.23. The summed E-state index contributed by atoms with van der Waals surface area (Å²) in [5.41, 5.74) is 4.43. The number of hydrogen-bond donors (Lipinski definition) is 2. The molecule has 2 N–H and O–H groups in total. The van der Waals surface area contributed by atoms with Crippen molar-refractivity contribution in [3.05, 3.63) is 69.9 Å². The van der Waals surface area contributed by atoms with E-state index < -0.39 is 17.3 Å². The predicted octanol–water partition coefficient (Wildman–Crippen LogP) is 3.73. The van der Waals surface area contributed by atoms with Crippen LogP contribution in [0.1, 0.15) is 47.8 Å². The summed E-state index contributed by atoms with van der Waals surface area (Å²) in [4.78, 5) is 30.8. The maximum absolute atomic E-state index is 12.2. The topological polar surface area (TPSA) is 114 Å². The molecule has 0 unspecified atom stereocenters. The highest BCUT2D eigenvalue weighted by molar-refractivity contribution is 5.97. The average molecular weight is 418 g/mol. The molecular formula is C23H22N4O4. The van der Waals surface area contributed by atoms with Crippen molar-refractivity contribution in [2.24, 2.45) is 5.92 Å². The van der Waals surface area contributed by atoms with Crippen LogP contribution in [0.25, 0.3) is 22.0 Å². The van der Waals surface area contributed by atoms with Gasteiger partial charge in [-0.3, -0.25) is 14.5 Å². The van der Waals surface area contributed by atoms with Crippen molar-refractivity contribution in [3.63, 3.8) is 0 Å². The molecule has 0 bridgehead atoms. The Balaban J connectivity index is 1.73. The fourth-order valence-corrected chi connectivity index (χ4v) is 4.79. The second kappa shape index (κ2) is 6.66. The maximum Gasteiger partial charge on any atom is 0.438 e. The first-order valence-corrected chi connectivity index (χ1v) is 10.3. The number of carboxylic acids is 1. The van der Waals surface area contributed by atoms with Gasteiger partial charge < -0.3 is 9.67 Å². The zero-order valence-corrected chi connectivity index (χ0v) is 17.5. The van der Waals surface area contributed by atoms with Crippen LogP contribution in [0.3, 0.4) is 0 Å². The normalized spacial score (nSPS) is 20.3. The van der Waals surface area contributed by atoms with Crippen LogP contribution in [0.5, 0.6) is 0 Å². The van der Waals surface area contributed by atoms with Gasteiger partial charge in [-0.2, -0.15) is 0 Å². The summed E-state index contributed by atoms with van der Waals surface area (Å²) >= 11 is 0. The summed E-state index contributed by atoms with van der Waals surface area (Å²) < 4.78 is 6.52. The van der Waals surface area contributed by atoms with Crippen molar-refractivity contribution in [3.8, 4) is 11.1 Å². The number of carbonyl (C=O) groups is 1. The molecule has 31 heavy (non-hydrogen) atoms. The number of carboxylic acid groups (broad SMARTS) is 1. The Hall–Kier alpha value is -3.68. The van der Waals surface area contributed by atoms with Crippen LogP contribution in [-0.2, 0) is 12.0 Å². The van der Waals surface area contributed by atoms with Crippen molar-refractivity contribution in [1.29, 1.82) is 0 Å². The lowest BCUT2D eigenvalue weighted by molar-refractivity contribution is 0.0682. The molecule has 1 fully saturated rings. The molecule has 0 amide bonds. The molecule has 4 aromatic rings. The fraction of sp³-hybridized carbons (Fsp3) is 0.304. The second-order valence-electron chi connectivity index (χ2n) is 8.20. The standard InChI is InChI=1S/C23H22N4O4/c1-4-17-13(3)16(7-8-24-17)14-5-6-18-15(9-14)10-19(20(28)29)27(18)23(11-12(23)2)21-25-22(30)31-26-21/h5-10,12H,4,11H2,1-3H3,(H,28,29)(H,25,26,30)/t12-,23-/m0/s1. The molecule has 2 atom stereocenters.